The molecule has 1 unspecified atom stereocenters. The van der Waals surface area contributed by atoms with Crippen LogP contribution in [0.25, 0.3) is 11.0 Å². The van der Waals surface area contributed by atoms with Crippen molar-refractivity contribution in [2.24, 2.45) is 0 Å². The molecule has 0 saturated carbocycles. The van der Waals surface area contributed by atoms with Crippen molar-refractivity contribution in [3.63, 3.8) is 0 Å². The number of ether oxygens (including phenoxy) is 1. The van der Waals surface area contributed by atoms with Crippen LogP contribution in [0.5, 0.6) is 0 Å². The molecule has 1 aromatic carbocycles. The molecule has 2 heterocycles. The van der Waals surface area contributed by atoms with E-state index < -0.39 is 0 Å². The number of hydrogen-bond acceptors (Lipinski definition) is 5. The van der Waals surface area contributed by atoms with Crippen LogP contribution in [0.2, 0.25) is 0 Å². The van der Waals surface area contributed by atoms with Crippen molar-refractivity contribution in [2.45, 2.75) is 12.1 Å². The van der Waals surface area contributed by atoms with E-state index in [0.717, 1.165) is 29.9 Å². The SMILES string of the molecule is CO[C@H]1CNCC1Nc1noc2ccccc12. The minimum Gasteiger partial charge on any atom is -0.378 e. The van der Waals surface area contributed by atoms with Crippen LogP contribution in [-0.4, -0.2) is 37.5 Å². The number of para-hydroxylation sites is 1. The number of nitrogens with zero attached hydrogens (tertiary/aromatic N) is 1. The standard InChI is InChI=1S/C12H15N3O2/c1-16-11-7-13-6-9(11)14-12-8-4-2-3-5-10(8)17-15-12/h2-5,9,11,13H,6-7H2,1H3,(H,14,15)/t9?,11-/m0/s1. The summed E-state index contributed by atoms with van der Waals surface area (Å²) in [5.41, 5.74) is 0.801. The maximum atomic E-state index is 5.40. The minimum atomic E-state index is 0.172. The summed E-state index contributed by atoms with van der Waals surface area (Å²) < 4.78 is 10.7. The largest absolute Gasteiger partial charge is 0.378 e. The number of fused-ring (bicyclic) bond motifs is 1. The topological polar surface area (TPSA) is 59.3 Å². The van der Waals surface area contributed by atoms with Gasteiger partial charge < -0.3 is 19.9 Å². The Morgan fingerprint density at radius 3 is 3.18 bits per heavy atom. The van der Waals surface area contributed by atoms with Crippen molar-refractivity contribution in [1.29, 1.82) is 0 Å². The lowest BCUT2D eigenvalue weighted by Gasteiger charge is -2.17. The molecule has 3 rings (SSSR count). The van der Waals surface area contributed by atoms with Crippen LogP contribution in [0.15, 0.2) is 28.8 Å². The molecule has 1 aliphatic heterocycles. The summed E-state index contributed by atoms with van der Waals surface area (Å²) in [5, 5.41) is 11.7. The molecular formula is C12H15N3O2. The van der Waals surface area contributed by atoms with E-state index in [2.05, 4.69) is 15.8 Å². The summed E-state index contributed by atoms with van der Waals surface area (Å²) >= 11 is 0. The van der Waals surface area contributed by atoms with Crippen LogP contribution in [0.4, 0.5) is 5.82 Å². The van der Waals surface area contributed by atoms with Crippen molar-refractivity contribution < 1.29 is 9.26 Å². The van der Waals surface area contributed by atoms with E-state index in [4.69, 9.17) is 9.26 Å². The van der Waals surface area contributed by atoms with E-state index in [9.17, 15) is 0 Å². The fraction of sp³-hybridized carbons (Fsp3) is 0.417. The van der Waals surface area contributed by atoms with Gasteiger partial charge in [-0.05, 0) is 12.1 Å². The highest BCUT2D eigenvalue weighted by atomic mass is 16.5. The molecule has 1 aliphatic rings. The molecule has 2 aromatic rings. The Hall–Kier alpha value is -1.59. The molecule has 0 spiro atoms. The summed E-state index contributed by atoms with van der Waals surface area (Å²) in [5.74, 6) is 0.788. The summed E-state index contributed by atoms with van der Waals surface area (Å²) in [6.07, 6.45) is 0.172. The third-order valence-corrected chi connectivity index (χ3v) is 3.16. The summed E-state index contributed by atoms with van der Waals surface area (Å²) in [4.78, 5) is 0. The normalized spacial score (nSPS) is 24.3. The molecular weight excluding hydrogens is 218 g/mol. The maximum Gasteiger partial charge on any atom is 0.177 e. The first-order chi connectivity index (χ1) is 8.38. The monoisotopic (exact) mass is 233 g/mol. The molecule has 5 heteroatoms. The van der Waals surface area contributed by atoms with Gasteiger partial charge in [-0.1, -0.05) is 17.3 Å². The van der Waals surface area contributed by atoms with Crippen LogP contribution in [0, 0.1) is 0 Å². The van der Waals surface area contributed by atoms with E-state index in [0.29, 0.717) is 0 Å². The third kappa shape index (κ3) is 1.87. The third-order valence-electron chi connectivity index (χ3n) is 3.16. The average Bonchev–Trinajstić information content (AvgIpc) is 2.97. The zero-order valence-corrected chi connectivity index (χ0v) is 9.64. The zero-order chi connectivity index (χ0) is 11.7. The molecule has 90 valence electrons. The maximum absolute atomic E-state index is 5.40. The Balaban J connectivity index is 1.85. The predicted molar refractivity (Wildman–Crippen MR) is 65.1 cm³/mol. The van der Waals surface area contributed by atoms with Crippen LogP contribution >= 0.6 is 0 Å². The van der Waals surface area contributed by atoms with Gasteiger partial charge in [0.2, 0.25) is 0 Å². The molecule has 1 aromatic heterocycles. The van der Waals surface area contributed by atoms with E-state index >= 15 is 0 Å². The molecule has 5 nitrogen and oxygen atoms in total. The van der Waals surface area contributed by atoms with E-state index in [1.165, 1.54) is 0 Å². The number of anilines is 1. The van der Waals surface area contributed by atoms with Gasteiger partial charge in [-0.3, -0.25) is 0 Å². The van der Waals surface area contributed by atoms with Crippen molar-refractivity contribution in [1.82, 2.24) is 10.5 Å². The highest BCUT2D eigenvalue weighted by molar-refractivity contribution is 5.87. The van der Waals surface area contributed by atoms with Crippen LogP contribution in [0.1, 0.15) is 0 Å². The van der Waals surface area contributed by atoms with E-state index in [1.54, 1.807) is 7.11 Å². The van der Waals surface area contributed by atoms with Crippen LogP contribution in [0.3, 0.4) is 0 Å². The Morgan fingerprint density at radius 2 is 2.29 bits per heavy atom. The van der Waals surface area contributed by atoms with Gasteiger partial charge in [0.05, 0.1) is 17.5 Å². The van der Waals surface area contributed by atoms with Gasteiger partial charge >= 0.3 is 0 Å². The second kappa shape index (κ2) is 4.35. The van der Waals surface area contributed by atoms with E-state index in [-0.39, 0.29) is 12.1 Å². The van der Waals surface area contributed by atoms with Crippen LogP contribution < -0.4 is 10.6 Å². The molecule has 0 radical (unpaired) electrons. The van der Waals surface area contributed by atoms with Gasteiger partial charge in [0, 0.05) is 20.2 Å². The Kier molecular flexibility index (Phi) is 2.70. The molecule has 1 fully saturated rings. The van der Waals surface area contributed by atoms with Crippen molar-refractivity contribution in [3.05, 3.63) is 24.3 Å². The summed E-state index contributed by atoms with van der Waals surface area (Å²) in [6, 6.07) is 8.05. The highest BCUT2D eigenvalue weighted by Gasteiger charge is 2.27. The number of aromatic nitrogens is 1. The van der Waals surface area contributed by atoms with Crippen molar-refractivity contribution in [2.75, 3.05) is 25.5 Å². The average molecular weight is 233 g/mol. The smallest absolute Gasteiger partial charge is 0.177 e. The molecule has 0 aliphatic carbocycles. The fourth-order valence-electron chi connectivity index (χ4n) is 2.21. The van der Waals surface area contributed by atoms with Gasteiger partial charge in [-0.15, -0.1) is 0 Å². The number of methoxy groups -OCH3 is 1. The van der Waals surface area contributed by atoms with Crippen molar-refractivity contribution in [3.8, 4) is 0 Å². The lowest BCUT2D eigenvalue weighted by atomic mass is 10.2. The molecule has 2 N–H and O–H groups in total. The van der Waals surface area contributed by atoms with Gasteiger partial charge in [-0.25, -0.2) is 0 Å². The molecule has 17 heavy (non-hydrogen) atoms. The molecule has 0 bridgehead atoms. The lowest BCUT2D eigenvalue weighted by Crippen LogP contribution is -2.33. The number of nitrogens with one attached hydrogen (secondary N) is 2. The summed E-state index contributed by atoms with van der Waals surface area (Å²) in [7, 11) is 1.73. The predicted octanol–water partition coefficient (Wildman–Crippen LogP) is 1.23. The Morgan fingerprint density at radius 1 is 1.41 bits per heavy atom. The highest BCUT2D eigenvalue weighted by Crippen LogP contribution is 2.23. The van der Waals surface area contributed by atoms with Crippen molar-refractivity contribution >= 4 is 16.8 Å². The van der Waals surface area contributed by atoms with Gasteiger partial charge in [0.25, 0.3) is 0 Å². The first-order valence-corrected chi connectivity index (χ1v) is 5.73. The number of hydrogen-bond donors (Lipinski definition) is 2. The zero-order valence-electron chi connectivity index (χ0n) is 9.64. The first kappa shape index (κ1) is 10.6. The van der Waals surface area contributed by atoms with E-state index in [1.807, 2.05) is 24.3 Å². The minimum absolute atomic E-state index is 0.172. The Bertz CT molecular complexity index is 511. The second-order valence-corrected chi connectivity index (χ2v) is 4.21. The van der Waals surface area contributed by atoms with Crippen LogP contribution in [-0.2, 0) is 4.74 Å². The fourth-order valence-corrected chi connectivity index (χ4v) is 2.21. The second-order valence-electron chi connectivity index (χ2n) is 4.21. The lowest BCUT2D eigenvalue weighted by molar-refractivity contribution is 0.111. The first-order valence-electron chi connectivity index (χ1n) is 5.73. The quantitative estimate of drug-likeness (QED) is 0.835. The number of rotatable bonds is 3. The molecule has 1 saturated heterocycles. The van der Waals surface area contributed by atoms with Gasteiger partial charge in [0.1, 0.15) is 0 Å². The molecule has 0 amide bonds. The van der Waals surface area contributed by atoms with Gasteiger partial charge in [-0.2, -0.15) is 0 Å². The Labute approximate surface area is 99.1 Å². The van der Waals surface area contributed by atoms with Gasteiger partial charge in [0.15, 0.2) is 11.4 Å². The number of benzene rings is 1. The molecule has 2 atom stereocenters. The summed E-state index contributed by atoms with van der Waals surface area (Å²) in [6.45, 7) is 1.74.